The van der Waals surface area contributed by atoms with Gasteiger partial charge < -0.3 is 19.5 Å². The summed E-state index contributed by atoms with van der Waals surface area (Å²) in [5.41, 5.74) is 1.19. The number of carbonyl (C=O) groups is 2. The maximum absolute atomic E-state index is 12.5. The number of carbonyl (C=O) groups excluding carboxylic acids is 2. The van der Waals surface area contributed by atoms with Crippen LogP contribution < -0.4 is 4.90 Å². The van der Waals surface area contributed by atoms with E-state index >= 15 is 0 Å². The van der Waals surface area contributed by atoms with E-state index < -0.39 is 11.9 Å². The minimum atomic E-state index is -0.521. The van der Waals surface area contributed by atoms with Gasteiger partial charge in [-0.25, -0.2) is 9.59 Å². The van der Waals surface area contributed by atoms with Gasteiger partial charge in [-0.15, -0.1) is 0 Å². The fourth-order valence-corrected chi connectivity index (χ4v) is 2.96. The highest BCUT2D eigenvalue weighted by Crippen LogP contribution is 2.29. The second-order valence-electron chi connectivity index (χ2n) is 5.75. The fraction of sp³-hybridized carbons (Fsp3) is 0.556. The van der Waals surface area contributed by atoms with Crippen molar-refractivity contribution in [2.75, 3.05) is 37.8 Å². The molecule has 1 heterocycles. The second-order valence-corrected chi connectivity index (χ2v) is 5.75. The van der Waals surface area contributed by atoms with E-state index in [1.54, 1.807) is 26.0 Å². The number of aliphatic hydroxyl groups is 1. The summed E-state index contributed by atoms with van der Waals surface area (Å²) in [5.74, 6) is -0.742. The highest BCUT2D eigenvalue weighted by atomic mass is 16.5. The first kappa shape index (κ1) is 18.3. The van der Waals surface area contributed by atoms with Gasteiger partial charge in [0, 0.05) is 19.7 Å². The van der Waals surface area contributed by atoms with Gasteiger partial charge >= 0.3 is 11.9 Å². The average Bonchev–Trinajstić information content (AvgIpc) is 2.61. The van der Waals surface area contributed by atoms with Crippen molar-refractivity contribution >= 4 is 17.6 Å². The van der Waals surface area contributed by atoms with Crippen LogP contribution in [-0.2, 0) is 9.47 Å². The Morgan fingerprint density at radius 1 is 1.12 bits per heavy atom. The van der Waals surface area contributed by atoms with E-state index in [-0.39, 0.29) is 30.9 Å². The minimum Gasteiger partial charge on any atom is -0.462 e. The first-order chi connectivity index (χ1) is 11.6. The Hall–Kier alpha value is -2.08. The van der Waals surface area contributed by atoms with Crippen LogP contribution in [0.25, 0.3) is 0 Å². The van der Waals surface area contributed by atoms with Crippen LogP contribution in [0.5, 0.6) is 0 Å². The Balaban J connectivity index is 2.37. The van der Waals surface area contributed by atoms with Crippen molar-refractivity contribution in [2.24, 2.45) is 5.92 Å². The normalized spacial score (nSPS) is 15.2. The van der Waals surface area contributed by atoms with E-state index in [9.17, 15) is 14.7 Å². The van der Waals surface area contributed by atoms with Gasteiger partial charge in [0.1, 0.15) is 0 Å². The molecule has 0 unspecified atom stereocenters. The van der Waals surface area contributed by atoms with E-state index in [0.717, 1.165) is 25.9 Å². The lowest BCUT2D eigenvalue weighted by Crippen LogP contribution is -2.36. The zero-order chi connectivity index (χ0) is 17.5. The number of nitrogens with zero attached hydrogens (tertiary/aromatic N) is 1. The molecule has 1 aromatic rings. The van der Waals surface area contributed by atoms with Crippen molar-refractivity contribution < 1.29 is 24.2 Å². The van der Waals surface area contributed by atoms with Crippen LogP contribution in [0.1, 0.15) is 47.4 Å². The quantitative estimate of drug-likeness (QED) is 0.804. The van der Waals surface area contributed by atoms with E-state index in [4.69, 9.17) is 9.47 Å². The highest BCUT2D eigenvalue weighted by Gasteiger charge is 2.27. The van der Waals surface area contributed by atoms with Crippen molar-refractivity contribution in [1.29, 1.82) is 0 Å². The van der Waals surface area contributed by atoms with E-state index in [2.05, 4.69) is 4.90 Å². The summed E-state index contributed by atoms with van der Waals surface area (Å²) in [4.78, 5) is 26.8. The van der Waals surface area contributed by atoms with E-state index in [0.29, 0.717) is 11.6 Å². The predicted octanol–water partition coefficient (Wildman–Crippen LogP) is 2.25. The molecule has 1 aromatic carbocycles. The molecular formula is C18H25NO5. The zero-order valence-corrected chi connectivity index (χ0v) is 14.3. The number of anilines is 1. The van der Waals surface area contributed by atoms with E-state index in [1.165, 1.54) is 0 Å². The summed E-state index contributed by atoms with van der Waals surface area (Å²) in [6, 6.07) is 5.17. The summed E-state index contributed by atoms with van der Waals surface area (Å²) in [7, 11) is 0. The standard InChI is InChI=1S/C18H25NO5/c1-3-23-17(21)14-6-5-7-15(16(14)18(22)24-4-2)19-10-8-13(12-20)9-11-19/h5-7,13,20H,3-4,8-12H2,1-2H3. The monoisotopic (exact) mass is 335 g/mol. The molecule has 0 spiro atoms. The summed E-state index contributed by atoms with van der Waals surface area (Å²) in [6.07, 6.45) is 1.70. The van der Waals surface area contributed by atoms with Crippen LogP contribution in [0.4, 0.5) is 5.69 Å². The molecule has 1 fully saturated rings. The first-order valence-corrected chi connectivity index (χ1v) is 8.45. The number of benzene rings is 1. The summed E-state index contributed by atoms with van der Waals surface area (Å²) < 4.78 is 10.2. The number of aliphatic hydroxyl groups excluding tert-OH is 1. The number of hydrogen-bond donors (Lipinski definition) is 1. The van der Waals surface area contributed by atoms with Crippen LogP contribution in [-0.4, -0.2) is 50.0 Å². The molecule has 1 N–H and O–H groups in total. The molecule has 0 atom stereocenters. The second kappa shape index (κ2) is 8.68. The molecule has 6 heteroatoms. The molecule has 0 radical (unpaired) electrons. The van der Waals surface area contributed by atoms with Gasteiger partial charge in [0.05, 0.1) is 30.0 Å². The van der Waals surface area contributed by atoms with Crippen LogP contribution >= 0.6 is 0 Å². The fourth-order valence-electron chi connectivity index (χ4n) is 2.96. The van der Waals surface area contributed by atoms with Gasteiger partial charge in [-0.3, -0.25) is 0 Å². The molecule has 0 aliphatic carbocycles. The maximum Gasteiger partial charge on any atom is 0.341 e. The van der Waals surface area contributed by atoms with Gasteiger partial charge in [-0.05, 0) is 44.7 Å². The Morgan fingerprint density at radius 2 is 1.75 bits per heavy atom. The topological polar surface area (TPSA) is 76.1 Å². The summed E-state index contributed by atoms with van der Waals surface area (Å²) in [5, 5.41) is 9.28. The van der Waals surface area contributed by atoms with Gasteiger partial charge in [0.2, 0.25) is 0 Å². The van der Waals surface area contributed by atoms with Crippen molar-refractivity contribution in [3.8, 4) is 0 Å². The molecule has 1 aliphatic rings. The van der Waals surface area contributed by atoms with Crippen LogP contribution in [0.15, 0.2) is 18.2 Å². The molecular weight excluding hydrogens is 310 g/mol. The number of rotatable bonds is 6. The Morgan fingerprint density at radius 3 is 2.33 bits per heavy atom. The Bertz CT molecular complexity index is 579. The molecule has 1 aliphatic heterocycles. The molecule has 6 nitrogen and oxygen atoms in total. The third kappa shape index (κ3) is 4.06. The van der Waals surface area contributed by atoms with Crippen molar-refractivity contribution in [1.82, 2.24) is 0 Å². The van der Waals surface area contributed by atoms with Crippen LogP contribution in [0, 0.1) is 5.92 Å². The minimum absolute atomic E-state index is 0.182. The zero-order valence-electron chi connectivity index (χ0n) is 14.3. The number of hydrogen-bond acceptors (Lipinski definition) is 6. The highest BCUT2D eigenvalue weighted by molar-refractivity contribution is 6.07. The lowest BCUT2D eigenvalue weighted by Gasteiger charge is -2.34. The van der Waals surface area contributed by atoms with Gasteiger partial charge in [-0.1, -0.05) is 6.07 Å². The molecule has 0 aromatic heterocycles. The number of ether oxygens (including phenoxy) is 2. The Kier molecular flexibility index (Phi) is 6.61. The maximum atomic E-state index is 12.5. The molecule has 132 valence electrons. The third-order valence-electron chi connectivity index (χ3n) is 4.23. The predicted molar refractivity (Wildman–Crippen MR) is 90.4 cm³/mol. The number of esters is 2. The Labute approximate surface area is 142 Å². The lowest BCUT2D eigenvalue weighted by atomic mass is 9.96. The smallest absolute Gasteiger partial charge is 0.341 e. The third-order valence-corrected chi connectivity index (χ3v) is 4.23. The van der Waals surface area contributed by atoms with Gasteiger partial charge in [-0.2, -0.15) is 0 Å². The average molecular weight is 335 g/mol. The van der Waals surface area contributed by atoms with E-state index in [1.807, 2.05) is 6.07 Å². The number of piperidine rings is 1. The summed E-state index contributed by atoms with van der Waals surface area (Å²) in [6.45, 7) is 5.58. The lowest BCUT2D eigenvalue weighted by molar-refractivity contribution is 0.0479. The molecule has 0 bridgehead atoms. The molecule has 0 amide bonds. The largest absolute Gasteiger partial charge is 0.462 e. The van der Waals surface area contributed by atoms with Crippen molar-refractivity contribution in [3.63, 3.8) is 0 Å². The molecule has 0 saturated carbocycles. The van der Waals surface area contributed by atoms with Gasteiger partial charge in [0.15, 0.2) is 0 Å². The SMILES string of the molecule is CCOC(=O)c1cccc(N2CCC(CO)CC2)c1C(=O)OCC. The molecule has 2 rings (SSSR count). The van der Waals surface area contributed by atoms with Crippen molar-refractivity contribution in [3.05, 3.63) is 29.3 Å². The molecule has 1 saturated heterocycles. The first-order valence-electron chi connectivity index (χ1n) is 8.45. The van der Waals surface area contributed by atoms with Crippen LogP contribution in [0.3, 0.4) is 0 Å². The van der Waals surface area contributed by atoms with Crippen molar-refractivity contribution in [2.45, 2.75) is 26.7 Å². The summed E-state index contributed by atoms with van der Waals surface area (Å²) >= 11 is 0. The molecule has 24 heavy (non-hydrogen) atoms. The van der Waals surface area contributed by atoms with Crippen LogP contribution in [0.2, 0.25) is 0 Å². The van der Waals surface area contributed by atoms with Gasteiger partial charge in [0.25, 0.3) is 0 Å².